The Kier molecular flexibility index (Phi) is 9.77. The largest absolute Gasteiger partial charge is 0.387 e. The van der Waals surface area contributed by atoms with E-state index in [0.717, 1.165) is 41.7 Å². The molecule has 4 nitrogen and oxygen atoms in total. The fourth-order valence-electron chi connectivity index (χ4n) is 2.58. The highest BCUT2D eigenvalue weighted by molar-refractivity contribution is 14.0. The van der Waals surface area contributed by atoms with E-state index in [1.807, 2.05) is 43.0 Å². The predicted octanol–water partition coefficient (Wildman–Crippen LogP) is 3.66. The highest BCUT2D eigenvalue weighted by Crippen LogP contribution is 2.40. The van der Waals surface area contributed by atoms with Crippen molar-refractivity contribution in [2.45, 2.75) is 44.1 Å². The highest BCUT2D eigenvalue weighted by Gasteiger charge is 2.45. The van der Waals surface area contributed by atoms with Crippen molar-refractivity contribution in [1.29, 1.82) is 0 Å². The third kappa shape index (κ3) is 6.28. The van der Waals surface area contributed by atoms with Crippen LogP contribution in [0, 0.1) is 0 Å². The fourth-order valence-corrected chi connectivity index (χ4v) is 3.90. The van der Waals surface area contributed by atoms with Gasteiger partial charge in [-0.3, -0.25) is 0 Å². The Bertz CT molecular complexity index is 529. The summed E-state index contributed by atoms with van der Waals surface area (Å²) >= 11 is 7.73. The van der Waals surface area contributed by atoms with Crippen molar-refractivity contribution in [1.82, 2.24) is 10.6 Å². The normalized spacial score (nSPS) is 23.2. The van der Waals surface area contributed by atoms with Gasteiger partial charge >= 0.3 is 0 Å². The van der Waals surface area contributed by atoms with Crippen LogP contribution in [0.5, 0.6) is 0 Å². The summed E-state index contributed by atoms with van der Waals surface area (Å²) in [5.41, 5.74) is 0.491. The summed E-state index contributed by atoms with van der Waals surface area (Å²) in [6.07, 6.45) is 1.95. The van der Waals surface area contributed by atoms with Gasteiger partial charge in [-0.1, -0.05) is 30.7 Å². The number of nitrogens with zero attached hydrogens (tertiary/aromatic N) is 1. The lowest BCUT2D eigenvalue weighted by Gasteiger charge is -2.45. The molecule has 1 aromatic carbocycles. The molecule has 136 valence electrons. The minimum atomic E-state index is -0.614. The van der Waals surface area contributed by atoms with Gasteiger partial charge in [0.2, 0.25) is 0 Å². The molecule has 1 aliphatic carbocycles. The van der Waals surface area contributed by atoms with Crippen LogP contribution in [0.4, 0.5) is 0 Å². The monoisotopic (exact) mass is 483 g/mol. The van der Waals surface area contributed by atoms with Crippen LogP contribution in [0.2, 0.25) is 5.02 Å². The summed E-state index contributed by atoms with van der Waals surface area (Å²) in [4.78, 5) is 4.58. The molecule has 1 aromatic rings. The first-order valence-corrected chi connectivity index (χ1v) is 9.60. The second-order valence-corrected chi connectivity index (χ2v) is 7.68. The number of rotatable bonds is 7. The van der Waals surface area contributed by atoms with Crippen LogP contribution in [0.25, 0.3) is 0 Å². The van der Waals surface area contributed by atoms with E-state index in [-0.39, 0.29) is 24.0 Å². The van der Waals surface area contributed by atoms with Gasteiger partial charge in [0.25, 0.3) is 0 Å². The molecule has 0 aromatic heterocycles. The summed E-state index contributed by atoms with van der Waals surface area (Å²) in [5, 5.41) is 18.2. The first-order valence-electron chi connectivity index (χ1n) is 8.18. The van der Waals surface area contributed by atoms with E-state index < -0.39 is 5.60 Å². The molecule has 24 heavy (non-hydrogen) atoms. The molecule has 0 spiro atoms. The first-order chi connectivity index (χ1) is 11.1. The number of nitrogens with one attached hydrogen (secondary N) is 2. The van der Waals surface area contributed by atoms with Crippen LogP contribution in [0.1, 0.15) is 32.3 Å². The molecule has 0 radical (unpaired) electrons. The zero-order valence-electron chi connectivity index (χ0n) is 14.2. The number of guanidine groups is 1. The number of benzene rings is 1. The molecule has 0 aliphatic heterocycles. The lowest BCUT2D eigenvalue weighted by molar-refractivity contribution is -0.0198. The Morgan fingerprint density at radius 3 is 2.58 bits per heavy atom. The minimum Gasteiger partial charge on any atom is -0.387 e. The van der Waals surface area contributed by atoms with Crippen LogP contribution in [-0.4, -0.2) is 40.8 Å². The highest BCUT2D eigenvalue weighted by atomic mass is 127. The van der Waals surface area contributed by atoms with Crippen molar-refractivity contribution in [3.63, 3.8) is 0 Å². The summed E-state index contributed by atoms with van der Waals surface area (Å²) in [6, 6.07) is 7.69. The van der Waals surface area contributed by atoms with Gasteiger partial charge < -0.3 is 15.7 Å². The van der Waals surface area contributed by atoms with E-state index in [1.54, 1.807) is 0 Å². The molecular formula is C17H27ClIN3OS. The maximum absolute atomic E-state index is 10.7. The number of hydrogen-bond acceptors (Lipinski definition) is 3. The summed E-state index contributed by atoms with van der Waals surface area (Å²) in [7, 11) is 0. The predicted molar refractivity (Wildman–Crippen MR) is 116 cm³/mol. The zero-order valence-corrected chi connectivity index (χ0v) is 18.1. The number of aliphatic hydroxyl groups is 1. The molecule has 0 bridgehead atoms. The topological polar surface area (TPSA) is 56.7 Å². The van der Waals surface area contributed by atoms with Crippen LogP contribution in [-0.2, 0) is 6.54 Å². The van der Waals surface area contributed by atoms with E-state index in [4.69, 9.17) is 11.6 Å². The van der Waals surface area contributed by atoms with Gasteiger partial charge in [0.05, 0.1) is 12.1 Å². The van der Waals surface area contributed by atoms with E-state index in [2.05, 4.69) is 22.5 Å². The van der Waals surface area contributed by atoms with Gasteiger partial charge in [-0.25, -0.2) is 4.99 Å². The lowest BCUT2D eigenvalue weighted by Crippen LogP contribution is -2.58. The molecule has 7 heteroatoms. The number of thioether (sulfide) groups is 1. The molecule has 2 atom stereocenters. The zero-order chi connectivity index (χ0) is 16.7. The fraction of sp³-hybridized carbons (Fsp3) is 0.588. The third-order valence-electron chi connectivity index (χ3n) is 4.05. The smallest absolute Gasteiger partial charge is 0.191 e. The van der Waals surface area contributed by atoms with Crippen LogP contribution < -0.4 is 10.6 Å². The molecule has 1 aliphatic rings. The van der Waals surface area contributed by atoms with E-state index in [1.165, 1.54) is 0 Å². The van der Waals surface area contributed by atoms with E-state index >= 15 is 0 Å². The summed E-state index contributed by atoms with van der Waals surface area (Å²) < 4.78 is 0. The number of halogens is 2. The number of hydrogen-bond donors (Lipinski definition) is 3. The van der Waals surface area contributed by atoms with Crippen molar-refractivity contribution in [3.8, 4) is 0 Å². The molecule has 0 amide bonds. The van der Waals surface area contributed by atoms with Gasteiger partial charge in [-0.15, -0.1) is 24.0 Å². The van der Waals surface area contributed by atoms with Crippen molar-refractivity contribution in [3.05, 3.63) is 34.9 Å². The molecule has 1 saturated carbocycles. The van der Waals surface area contributed by atoms with E-state index in [0.29, 0.717) is 18.3 Å². The second-order valence-electron chi connectivity index (χ2n) is 5.76. The molecule has 3 N–H and O–H groups in total. The third-order valence-corrected chi connectivity index (χ3v) is 5.71. The Hall–Kier alpha value is -0.180. The van der Waals surface area contributed by atoms with Gasteiger partial charge in [-0.05, 0) is 43.2 Å². The van der Waals surface area contributed by atoms with Gasteiger partial charge in [0.15, 0.2) is 5.96 Å². The van der Waals surface area contributed by atoms with Gasteiger partial charge in [0.1, 0.15) is 0 Å². The molecule has 2 rings (SSSR count). The molecule has 0 saturated heterocycles. The van der Waals surface area contributed by atoms with Gasteiger partial charge in [0, 0.05) is 23.4 Å². The molecule has 0 heterocycles. The Morgan fingerprint density at radius 1 is 1.33 bits per heavy atom. The summed E-state index contributed by atoms with van der Waals surface area (Å²) in [6.45, 7) is 6.08. The Balaban J connectivity index is 0.00000288. The van der Waals surface area contributed by atoms with Crippen molar-refractivity contribution in [2.75, 3.05) is 18.8 Å². The second kappa shape index (κ2) is 10.7. The summed E-state index contributed by atoms with van der Waals surface area (Å²) in [5.74, 6) is 1.78. The number of aliphatic imine (C=N–C) groups is 1. The Labute approximate surface area is 171 Å². The van der Waals surface area contributed by atoms with Crippen molar-refractivity contribution >= 4 is 53.3 Å². The Morgan fingerprint density at radius 2 is 2.04 bits per heavy atom. The van der Waals surface area contributed by atoms with Crippen molar-refractivity contribution in [2.24, 2.45) is 4.99 Å². The average molecular weight is 484 g/mol. The lowest BCUT2D eigenvalue weighted by atomic mass is 9.79. The maximum atomic E-state index is 10.7. The molecule has 1 fully saturated rings. The maximum Gasteiger partial charge on any atom is 0.191 e. The van der Waals surface area contributed by atoms with Crippen LogP contribution in [0.3, 0.4) is 0 Å². The average Bonchev–Trinajstić information content (AvgIpc) is 2.55. The van der Waals surface area contributed by atoms with Crippen LogP contribution >= 0.6 is 47.3 Å². The first kappa shape index (κ1) is 21.9. The molecule has 2 unspecified atom stereocenters. The quantitative estimate of drug-likeness (QED) is 0.315. The standard InChI is InChI=1S/C17H26ClN3OS.HI/c1-3-19-16(20-11-13-5-7-14(18)8-6-13)21-12-17(22)10-9-15(17)23-4-2;/h5-8,15,22H,3-4,9-12H2,1-2H3,(H2,19,20,21);1H. The minimum absolute atomic E-state index is 0. The van der Waals surface area contributed by atoms with Crippen molar-refractivity contribution < 1.29 is 5.11 Å². The van der Waals surface area contributed by atoms with Gasteiger partial charge in [-0.2, -0.15) is 11.8 Å². The molecular weight excluding hydrogens is 457 g/mol. The van der Waals surface area contributed by atoms with Crippen LogP contribution in [0.15, 0.2) is 29.3 Å². The SMILES string of the molecule is CCNC(=NCc1ccc(Cl)cc1)NCC1(O)CCC1SCC.I. The van der Waals surface area contributed by atoms with E-state index in [9.17, 15) is 5.11 Å².